The Kier molecular flexibility index (Phi) is 7.70. The Labute approximate surface area is 220 Å². The van der Waals surface area contributed by atoms with Crippen LogP contribution < -0.4 is 15.6 Å². The molecule has 2 aromatic heterocycles. The number of pyridine rings is 1. The van der Waals surface area contributed by atoms with E-state index in [0.717, 1.165) is 34.4 Å². The van der Waals surface area contributed by atoms with E-state index >= 15 is 0 Å². The lowest BCUT2D eigenvalue weighted by Gasteiger charge is -2.27. The first kappa shape index (κ1) is 25.1. The van der Waals surface area contributed by atoms with E-state index in [2.05, 4.69) is 30.8 Å². The van der Waals surface area contributed by atoms with Crippen LogP contribution in [0.4, 0.5) is 27.5 Å². The summed E-state index contributed by atoms with van der Waals surface area (Å²) in [6, 6.07) is 19.0. The first-order valence-corrected chi connectivity index (χ1v) is 12.4. The number of phenols is 1. The van der Waals surface area contributed by atoms with E-state index in [1.807, 2.05) is 66.4 Å². The lowest BCUT2D eigenvalue weighted by Crippen LogP contribution is -2.37. The van der Waals surface area contributed by atoms with Crippen molar-refractivity contribution in [1.82, 2.24) is 15.0 Å². The molecule has 0 unspecified atom stereocenters. The second-order valence-corrected chi connectivity index (χ2v) is 8.64. The third kappa shape index (κ3) is 5.87. The predicted octanol–water partition coefficient (Wildman–Crippen LogP) is 4.97. The number of hydrogen-bond donors (Lipinski definition) is 3. The van der Waals surface area contributed by atoms with E-state index in [-0.39, 0.29) is 17.5 Å². The van der Waals surface area contributed by atoms with E-state index in [1.54, 1.807) is 12.3 Å². The predicted molar refractivity (Wildman–Crippen MR) is 147 cm³/mol. The third-order valence-electron chi connectivity index (χ3n) is 6.09. The van der Waals surface area contributed by atoms with Gasteiger partial charge in [0.05, 0.1) is 42.7 Å². The van der Waals surface area contributed by atoms with Gasteiger partial charge in [-0.05, 0) is 36.2 Å². The number of benzene rings is 2. The number of hydrazone groups is 1. The zero-order valence-electron chi connectivity index (χ0n) is 20.9. The summed E-state index contributed by atoms with van der Waals surface area (Å²) in [5, 5.41) is 18.1. The van der Waals surface area contributed by atoms with E-state index in [1.165, 1.54) is 0 Å². The highest BCUT2D eigenvalue weighted by atomic mass is 19.1. The highest BCUT2D eigenvalue weighted by molar-refractivity contribution is 5.79. The molecule has 3 N–H and O–H groups in total. The van der Waals surface area contributed by atoms with Gasteiger partial charge in [0.1, 0.15) is 5.75 Å². The molecule has 1 saturated heterocycles. The van der Waals surface area contributed by atoms with Crippen molar-refractivity contribution in [2.24, 2.45) is 5.10 Å². The smallest absolute Gasteiger partial charge is 0.245 e. The second-order valence-electron chi connectivity index (χ2n) is 8.64. The fraction of sp³-hybridized carbons (Fsp3) is 0.214. The first-order valence-electron chi connectivity index (χ1n) is 12.4. The zero-order chi connectivity index (χ0) is 26.3. The number of aromatic nitrogens is 3. The van der Waals surface area contributed by atoms with Crippen molar-refractivity contribution in [2.45, 2.75) is 13.3 Å². The molecule has 3 heterocycles. The van der Waals surface area contributed by atoms with Crippen molar-refractivity contribution < 1.29 is 14.2 Å². The Morgan fingerprint density at radius 2 is 1.89 bits per heavy atom. The van der Waals surface area contributed by atoms with Gasteiger partial charge in [0, 0.05) is 30.4 Å². The maximum atomic E-state index is 14.2. The minimum Gasteiger partial charge on any atom is -0.507 e. The molecule has 0 aliphatic carbocycles. The number of halogens is 1. The average molecular weight is 514 g/mol. The monoisotopic (exact) mass is 513 g/mol. The minimum atomic E-state index is -0.484. The van der Waals surface area contributed by atoms with Gasteiger partial charge in [0.25, 0.3) is 0 Å². The molecular formula is C28H28FN7O2. The molecule has 194 valence electrons. The maximum Gasteiger partial charge on any atom is 0.245 e. The van der Waals surface area contributed by atoms with Gasteiger partial charge in [0.15, 0.2) is 11.6 Å². The Morgan fingerprint density at radius 3 is 2.66 bits per heavy atom. The number of morpholine rings is 1. The normalized spacial score (nSPS) is 13.6. The summed E-state index contributed by atoms with van der Waals surface area (Å²) in [5.74, 6) is 0.131. The van der Waals surface area contributed by atoms with Crippen LogP contribution in [0, 0.1) is 5.82 Å². The molecule has 0 bridgehead atoms. The van der Waals surface area contributed by atoms with Crippen molar-refractivity contribution >= 4 is 29.4 Å². The van der Waals surface area contributed by atoms with Gasteiger partial charge < -0.3 is 20.1 Å². The molecule has 1 aliphatic heterocycles. The lowest BCUT2D eigenvalue weighted by atomic mass is 10.0. The van der Waals surface area contributed by atoms with Gasteiger partial charge in [-0.25, -0.2) is 19.8 Å². The molecule has 4 aromatic rings. The summed E-state index contributed by atoms with van der Waals surface area (Å²) in [6.07, 6.45) is 3.38. The zero-order valence-corrected chi connectivity index (χ0v) is 20.9. The second kappa shape index (κ2) is 11.7. The maximum absolute atomic E-state index is 14.2. The fourth-order valence-corrected chi connectivity index (χ4v) is 4.17. The number of aryl methyl sites for hydroxylation is 1. The minimum absolute atomic E-state index is 0.192. The van der Waals surface area contributed by atoms with Crippen molar-refractivity contribution in [3.8, 4) is 16.9 Å². The van der Waals surface area contributed by atoms with Crippen LogP contribution in [0.25, 0.3) is 11.1 Å². The molecular weight excluding hydrogens is 485 g/mol. The van der Waals surface area contributed by atoms with Crippen molar-refractivity contribution in [1.29, 1.82) is 0 Å². The third-order valence-corrected chi connectivity index (χ3v) is 6.09. The largest absolute Gasteiger partial charge is 0.507 e. The Balaban J connectivity index is 1.26. The van der Waals surface area contributed by atoms with Crippen LogP contribution in [0.5, 0.6) is 5.75 Å². The molecule has 0 amide bonds. The number of rotatable bonds is 8. The highest BCUT2D eigenvalue weighted by Gasteiger charge is 2.17. The topological polar surface area (TPSA) is 108 Å². The number of anilines is 4. The summed E-state index contributed by atoms with van der Waals surface area (Å²) < 4.78 is 19.6. The Morgan fingerprint density at radius 1 is 1.08 bits per heavy atom. The van der Waals surface area contributed by atoms with E-state index in [4.69, 9.17) is 4.74 Å². The summed E-state index contributed by atoms with van der Waals surface area (Å²) >= 11 is 0. The van der Waals surface area contributed by atoms with Crippen LogP contribution in [0.1, 0.15) is 18.3 Å². The van der Waals surface area contributed by atoms with Crippen LogP contribution >= 0.6 is 0 Å². The number of ether oxygens (including phenoxy) is 1. The summed E-state index contributed by atoms with van der Waals surface area (Å²) in [4.78, 5) is 14.7. The summed E-state index contributed by atoms with van der Waals surface area (Å²) in [5.41, 5.74) is 7.55. The van der Waals surface area contributed by atoms with Crippen LogP contribution in [0.3, 0.4) is 0 Å². The summed E-state index contributed by atoms with van der Waals surface area (Å²) in [6.45, 7) is 4.21. The Hall–Kier alpha value is -4.57. The molecule has 9 nitrogen and oxygen atoms in total. The van der Waals surface area contributed by atoms with Crippen LogP contribution in [0.15, 0.2) is 72.0 Å². The van der Waals surface area contributed by atoms with E-state index in [9.17, 15) is 9.50 Å². The molecule has 0 atom stereocenters. The van der Waals surface area contributed by atoms with Gasteiger partial charge in [0.2, 0.25) is 5.95 Å². The van der Waals surface area contributed by atoms with Crippen molar-refractivity contribution in [2.75, 3.05) is 41.9 Å². The van der Waals surface area contributed by atoms with Crippen molar-refractivity contribution in [3.63, 3.8) is 0 Å². The number of nitrogens with one attached hydrogen (secondary N) is 2. The standard InChI is InChI=1S/C28H28FN7O2/c1-2-24-25(32-20-8-10-22(26(37)16-20)19-6-4-3-5-7-19)11-9-21(33-24)17-31-35-28-30-18-23(29)27(34-28)36-12-14-38-15-13-36/h3-11,16-18,32,37H,2,12-15H2,1H3,(H,30,34,35)/b31-17+. The molecule has 5 rings (SSSR count). The first-order chi connectivity index (χ1) is 18.6. The van der Waals surface area contributed by atoms with Gasteiger partial charge in [-0.15, -0.1) is 0 Å². The van der Waals surface area contributed by atoms with Gasteiger partial charge in [-0.1, -0.05) is 37.3 Å². The van der Waals surface area contributed by atoms with Gasteiger partial charge in [-0.2, -0.15) is 10.1 Å². The highest BCUT2D eigenvalue weighted by Crippen LogP contribution is 2.33. The molecule has 0 saturated carbocycles. The number of aromatic hydroxyl groups is 1. The molecule has 10 heteroatoms. The SMILES string of the molecule is CCc1nc(/C=N/Nc2ncc(F)c(N3CCOCC3)n2)ccc1Nc1ccc(-c2ccccc2)c(O)c1. The van der Waals surface area contributed by atoms with E-state index < -0.39 is 5.82 Å². The molecule has 0 radical (unpaired) electrons. The molecule has 1 aliphatic rings. The number of hydrogen-bond acceptors (Lipinski definition) is 9. The van der Waals surface area contributed by atoms with Crippen molar-refractivity contribution in [3.05, 3.63) is 84.1 Å². The van der Waals surface area contributed by atoms with Gasteiger partial charge in [-0.3, -0.25) is 0 Å². The van der Waals surface area contributed by atoms with Gasteiger partial charge >= 0.3 is 0 Å². The quantitative estimate of drug-likeness (QED) is 0.224. The molecule has 0 spiro atoms. The summed E-state index contributed by atoms with van der Waals surface area (Å²) in [7, 11) is 0. The molecule has 1 fully saturated rings. The fourth-order valence-electron chi connectivity index (χ4n) is 4.17. The van der Waals surface area contributed by atoms with Crippen LogP contribution in [-0.4, -0.2) is 52.6 Å². The van der Waals surface area contributed by atoms with Crippen LogP contribution in [-0.2, 0) is 11.2 Å². The molecule has 38 heavy (non-hydrogen) atoms. The van der Waals surface area contributed by atoms with E-state index in [0.29, 0.717) is 38.4 Å². The molecule has 2 aromatic carbocycles. The number of nitrogens with zero attached hydrogens (tertiary/aromatic N) is 5. The average Bonchev–Trinajstić information content (AvgIpc) is 2.95. The Bertz CT molecular complexity index is 1430. The number of phenolic OH excluding ortho intramolecular Hbond substituents is 1. The van der Waals surface area contributed by atoms with Crippen LogP contribution in [0.2, 0.25) is 0 Å². The lowest BCUT2D eigenvalue weighted by molar-refractivity contribution is 0.122.